The number of benzene rings is 2. The lowest BCUT2D eigenvalue weighted by atomic mass is 10.1. The lowest BCUT2D eigenvalue weighted by molar-refractivity contribution is 0.103. The lowest BCUT2D eigenvalue weighted by Crippen LogP contribution is -2.24. The van der Waals surface area contributed by atoms with Crippen LogP contribution in [0.1, 0.15) is 37.7 Å². The van der Waals surface area contributed by atoms with Crippen LogP contribution < -0.4 is 10.9 Å². The van der Waals surface area contributed by atoms with Crippen molar-refractivity contribution in [1.82, 2.24) is 14.9 Å². The van der Waals surface area contributed by atoms with E-state index in [0.717, 1.165) is 35.3 Å². The smallest absolute Gasteiger partial charge is 0.266 e. The molecule has 0 aliphatic heterocycles. The number of amides is 1. The number of aromatic nitrogens is 2. The number of anilines is 1. The Balaban J connectivity index is 1.51. The van der Waals surface area contributed by atoms with Gasteiger partial charge < -0.3 is 10.3 Å². The highest BCUT2D eigenvalue weighted by atomic mass is 32.1. The fourth-order valence-corrected chi connectivity index (χ4v) is 5.01. The Labute approximate surface area is 201 Å². The molecule has 176 valence electrons. The number of halogens is 1. The normalized spacial score (nSPS) is 11.4. The third kappa shape index (κ3) is 5.24. The fourth-order valence-electron chi connectivity index (χ4n) is 3.92. The molecule has 0 aliphatic rings. The van der Waals surface area contributed by atoms with Crippen LogP contribution in [-0.2, 0) is 13.0 Å². The quantitative estimate of drug-likeness (QED) is 0.393. The van der Waals surface area contributed by atoms with Crippen molar-refractivity contribution >= 4 is 33.1 Å². The second kappa shape index (κ2) is 9.87. The molecule has 0 atom stereocenters. The van der Waals surface area contributed by atoms with Crippen LogP contribution >= 0.6 is 11.3 Å². The summed E-state index contributed by atoms with van der Waals surface area (Å²) in [6.07, 6.45) is 0.754. The topological polar surface area (TPSA) is 78.1 Å². The maximum Gasteiger partial charge on any atom is 0.266 e. The number of thiophene rings is 1. The van der Waals surface area contributed by atoms with Crippen LogP contribution in [0, 0.1) is 26.6 Å². The van der Waals surface area contributed by atoms with E-state index in [0.29, 0.717) is 33.0 Å². The van der Waals surface area contributed by atoms with Crippen molar-refractivity contribution in [2.45, 2.75) is 33.7 Å². The predicted octanol–water partition coefficient (Wildman–Crippen LogP) is 4.98. The summed E-state index contributed by atoms with van der Waals surface area (Å²) in [6.45, 7) is 6.91. The van der Waals surface area contributed by atoms with Crippen LogP contribution in [0.4, 0.5) is 10.1 Å². The number of nitrogens with zero attached hydrogens (tertiary/aromatic N) is 2. The monoisotopic (exact) mass is 478 g/mol. The minimum atomic E-state index is -0.250. The van der Waals surface area contributed by atoms with Crippen molar-refractivity contribution < 1.29 is 9.18 Å². The standard InChI is InChI=1S/C26H27FN4O2S/c1-15-5-10-20(16(2)13-15)28-25(33)23-17(3)22-24(32)29-21(30-26(22)34-23)14-31(4)12-11-18-6-8-19(27)9-7-18/h5-10,13H,11-12,14H2,1-4H3,(H,28,33)(H,29,30,32). The number of carbonyl (C=O) groups excluding carboxylic acids is 1. The van der Waals surface area contributed by atoms with Gasteiger partial charge in [-0.15, -0.1) is 11.3 Å². The van der Waals surface area contributed by atoms with Gasteiger partial charge in [0.1, 0.15) is 16.5 Å². The van der Waals surface area contributed by atoms with Gasteiger partial charge in [-0.1, -0.05) is 29.8 Å². The summed E-state index contributed by atoms with van der Waals surface area (Å²) >= 11 is 1.23. The zero-order valence-corrected chi connectivity index (χ0v) is 20.5. The Morgan fingerprint density at radius 1 is 1.15 bits per heavy atom. The van der Waals surface area contributed by atoms with Crippen molar-refractivity contribution in [3.8, 4) is 0 Å². The van der Waals surface area contributed by atoms with Gasteiger partial charge in [0.25, 0.3) is 11.5 Å². The van der Waals surface area contributed by atoms with Crippen LogP contribution in [0.3, 0.4) is 0 Å². The summed E-state index contributed by atoms with van der Waals surface area (Å²) in [6, 6.07) is 12.3. The molecule has 4 rings (SSSR count). The van der Waals surface area contributed by atoms with E-state index in [9.17, 15) is 14.0 Å². The predicted molar refractivity (Wildman–Crippen MR) is 135 cm³/mol. The van der Waals surface area contributed by atoms with Crippen molar-refractivity contribution in [2.75, 3.05) is 18.9 Å². The average molecular weight is 479 g/mol. The number of carbonyl (C=O) groups is 1. The van der Waals surface area contributed by atoms with E-state index in [2.05, 4.69) is 15.3 Å². The molecule has 2 aromatic carbocycles. The molecule has 0 saturated carbocycles. The highest BCUT2D eigenvalue weighted by Crippen LogP contribution is 2.28. The zero-order chi connectivity index (χ0) is 24.4. The molecule has 8 heteroatoms. The third-order valence-corrected chi connectivity index (χ3v) is 6.99. The molecule has 0 bridgehead atoms. The first kappa shape index (κ1) is 23.8. The minimum Gasteiger partial charge on any atom is -0.321 e. The third-order valence-electron chi connectivity index (χ3n) is 5.80. The van der Waals surface area contributed by atoms with Gasteiger partial charge in [0.05, 0.1) is 16.8 Å². The summed E-state index contributed by atoms with van der Waals surface area (Å²) in [5.41, 5.74) is 4.28. The molecule has 0 fully saturated rings. The van der Waals surface area contributed by atoms with Crippen molar-refractivity contribution in [2.24, 2.45) is 0 Å². The summed E-state index contributed by atoms with van der Waals surface area (Å²) in [4.78, 5) is 36.4. The number of aryl methyl sites for hydroxylation is 3. The number of nitrogens with one attached hydrogen (secondary N) is 2. The first-order valence-corrected chi connectivity index (χ1v) is 11.9. The van der Waals surface area contributed by atoms with Crippen LogP contribution in [0.5, 0.6) is 0 Å². The molecule has 6 nitrogen and oxygen atoms in total. The van der Waals surface area contributed by atoms with Crippen LogP contribution in [0.25, 0.3) is 10.2 Å². The van der Waals surface area contributed by atoms with E-state index in [1.165, 1.54) is 23.5 Å². The van der Waals surface area contributed by atoms with Gasteiger partial charge in [0.15, 0.2) is 0 Å². The maximum atomic E-state index is 13.1. The van der Waals surface area contributed by atoms with E-state index in [4.69, 9.17) is 0 Å². The molecule has 1 amide bonds. The van der Waals surface area contributed by atoms with E-state index in [1.807, 2.05) is 44.0 Å². The number of fused-ring (bicyclic) bond motifs is 1. The van der Waals surface area contributed by atoms with Crippen LogP contribution in [0.2, 0.25) is 0 Å². The maximum absolute atomic E-state index is 13.1. The first-order valence-electron chi connectivity index (χ1n) is 11.0. The average Bonchev–Trinajstić information content (AvgIpc) is 3.12. The van der Waals surface area contributed by atoms with E-state index in [1.54, 1.807) is 19.1 Å². The Morgan fingerprint density at radius 2 is 1.88 bits per heavy atom. The van der Waals surface area contributed by atoms with Crippen LogP contribution in [0.15, 0.2) is 47.3 Å². The molecule has 0 radical (unpaired) electrons. The second-order valence-corrected chi connectivity index (χ2v) is 9.63. The number of hydrogen-bond acceptors (Lipinski definition) is 5. The highest BCUT2D eigenvalue weighted by Gasteiger charge is 2.20. The minimum absolute atomic E-state index is 0.244. The lowest BCUT2D eigenvalue weighted by Gasteiger charge is -2.15. The number of rotatable bonds is 7. The summed E-state index contributed by atoms with van der Waals surface area (Å²) in [5.74, 6) is 0.0481. The SMILES string of the molecule is Cc1ccc(NC(=O)c2sc3nc(CN(C)CCc4ccc(F)cc4)[nH]c(=O)c3c2C)c(C)c1. The number of likely N-dealkylation sites (N-methyl/N-ethyl adjacent to an activating group) is 1. The molecule has 4 aromatic rings. The summed E-state index contributed by atoms with van der Waals surface area (Å²) < 4.78 is 13.1. The summed E-state index contributed by atoms with van der Waals surface area (Å²) in [7, 11) is 1.94. The summed E-state index contributed by atoms with van der Waals surface area (Å²) in [5, 5.41) is 3.41. The largest absolute Gasteiger partial charge is 0.321 e. The van der Waals surface area contributed by atoms with Gasteiger partial charge in [0.2, 0.25) is 0 Å². The Hall–Kier alpha value is -3.36. The van der Waals surface area contributed by atoms with E-state index in [-0.39, 0.29) is 17.3 Å². The van der Waals surface area contributed by atoms with E-state index < -0.39 is 0 Å². The first-order chi connectivity index (χ1) is 16.2. The second-order valence-electron chi connectivity index (χ2n) is 8.64. The Bertz CT molecular complexity index is 1410. The fraction of sp³-hybridized carbons (Fsp3) is 0.269. The van der Waals surface area contributed by atoms with Crippen molar-refractivity contribution in [1.29, 1.82) is 0 Å². The Morgan fingerprint density at radius 3 is 2.59 bits per heavy atom. The Kier molecular flexibility index (Phi) is 6.90. The molecular formula is C26H27FN4O2S. The molecule has 0 unspecified atom stereocenters. The van der Waals surface area contributed by atoms with Crippen LogP contribution in [-0.4, -0.2) is 34.4 Å². The number of hydrogen-bond donors (Lipinski definition) is 2. The number of aromatic amines is 1. The zero-order valence-electron chi connectivity index (χ0n) is 19.7. The van der Waals surface area contributed by atoms with Gasteiger partial charge in [-0.3, -0.25) is 14.5 Å². The molecule has 2 heterocycles. The van der Waals surface area contributed by atoms with Gasteiger partial charge in [-0.05, 0) is 69.1 Å². The molecule has 2 N–H and O–H groups in total. The van der Waals surface area contributed by atoms with Gasteiger partial charge in [-0.2, -0.15) is 0 Å². The molecular weight excluding hydrogens is 451 g/mol. The number of H-pyrrole nitrogens is 1. The van der Waals surface area contributed by atoms with Gasteiger partial charge in [0, 0.05) is 12.2 Å². The molecule has 2 aromatic heterocycles. The highest BCUT2D eigenvalue weighted by molar-refractivity contribution is 7.20. The van der Waals surface area contributed by atoms with Crippen molar-refractivity contribution in [3.63, 3.8) is 0 Å². The van der Waals surface area contributed by atoms with Gasteiger partial charge >= 0.3 is 0 Å². The molecule has 0 aliphatic carbocycles. The molecule has 0 spiro atoms. The van der Waals surface area contributed by atoms with Gasteiger partial charge in [-0.25, -0.2) is 9.37 Å². The van der Waals surface area contributed by atoms with Crippen molar-refractivity contribution in [3.05, 3.63) is 91.6 Å². The molecule has 0 saturated heterocycles. The van der Waals surface area contributed by atoms with E-state index >= 15 is 0 Å². The molecule has 34 heavy (non-hydrogen) atoms.